The summed E-state index contributed by atoms with van der Waals surface area (Å²) < 4.78 is 0. The number of rotatable bonds is 2. The second-order valence-electron chi connectivity index (χ2n) is 3.02. The first-order chi connectivity index (χ1) is 7.16. The van der Waals surface area contributed by atoms with Crippen molar-refractivity contribution < 1.29 is 15.0 Å². The molecule has 3 nitrogen and oxygen atoms in total. The first-order valence-electron chi connectivity index (χ1n) is 4.29. The Morgan fingerprint density at radius 2 is 1.73 bits per heavy atom. The molecule has 0 fully saturated rings. The maximum Gasteiger partial charge on any atom is 0.345 e. The Labute approximate surface area is 90.2 Å². The van der Waals surface area contributed by atoms with Gasteiger partial charge in [0, 0.05) is 4.88 Å². The monoisotopic (exact) mass is 220 g/mol. The highest BCUT2D eigenvalue weighted by atomic mass is 32.1. The number of benzene rings is 1. The van der Waals surface area contributed by atoms with Crippen molar-refractivity contribution in [1.82, 2.24) is 0 Å². The standard InChI is InChI=1S/C11H8O3S/c12-8-3-1-7(2-4-8)9-5-6-10(15-9)11(13)14/h1-6,12H,(H,13,14). The van der Waals surface area contributed by atoms with E-state index in [2.05, 4.69) is 0 Å². The third-order valence-corrected chi connectivity index (χ3v) is 3.09. The van der Waals surface area contributed by atoms with Crippen LogP contribution in [0.4, 0.5) is 0 Å². The van der Waals surface area contributed by atoms with Crippen LogP contribution >= 0.6 is 11.3 Å². The summed E-state index contributed by atoms with van der Waals surface area (Å²) in [5.41, 5.74) is 0.908. The topological polar surface area (TPSA) is 57.5 Å². The molecule has 2 rings (SSSR count). The Hall–Kier alpha value is -1.81. The lowest BCUT2D eigenvalue weighted by atomic mass is 10.2. The molecule has 0 saturated carbocycles. The molecule has 0 spiro atoms. The predicted molar refractivity (Wildman–Crippen MR) is 58.4 cm³/mol. The number of carbonyl (C=O) groups is 1. The van der Waals surface area contributed by atoms with Crippen molar-refractivity contribution in [2.75, 3.05) is 0 Å². The van der Waals surface area contributed by atoms with Gasteiger partial charge in [0.1, 0.15) is 10.6 Å². The third-order valence-electron chi connectivity index (χ3n) is 1.97. The molecule has 0 aliphatic heterocycles. The number of hydrogen-bond donors (Lipinski definition) is 2. The first-order valence-corrected chi connectivity index (χ1v) is 5.11. The Morgan fingerprint density at radius 3 is 2.27 bits per heavy atom. The summed E-state index contributed by atoms with van der Waals surface area (Å²) in [6, 6.07) is 10.0. The molecule has 0 aliphatic carbocycles. The Balaban J connectivity index is 2.37. The number of aromatic carboxylic acids is 1. The largest absolute Gasteiger partial charge is 0.508 e. The average molecular weight is 220 g/mol. The van der Waals surface area contributed by atoms with E-state index in [1.54, 1.807) is 36.4 Å². The van der Waals surface area contributed by atoms with E-state index in [0.717, 1.165) is 10.4 Å². The molecule has 2 N–H and O–H groups in total. The highest BCUT2D eigenvalue weighted by Crippen LogP contribution is 2.29. The number of carboxylic acid groups (broad SMARTS) is 1. The van der Waals surface area contributed by atoms with Crippen LogP contribution in [0.1, 0.15) is 9.67 Å². The van der Waals surface area contributed by atoms with E-state index in [-0.39, 0.29) is 5.75 Å². The van der Waals surface area contributed by atoms with E-state index in [0.29, 0.717) is 4.88 Å². The maximum atomic E-state index is 10.7. The molecule has 76 valence electrons. The zero-order valence-corrected chi connectivity index (χ0v) is 8.49. The number of phenolic OH excluding ortho intramolecular Hbond substituents is 1. The smallest absolute Gasteiger partial charge is 0.345 e. The van der Waals surface area contributed by atoms with E-state index in [4.69, 9.17) is 10.2 Å². The molecule has 2 aromatic rings. The van der Waals surface area contributed by atoms with E-state index >= 15 is 0 Å². The number of phenols is 1. The fourth-order valence-electron chi connectivity index (χ4n) is 1.23. The van der Waals surface area contributed by atoms with Crippen LogP contribution in [0.5, 0.6) is 5.75 Å². The minimum Gasteiger partial charge on any atom is -0.508 e. The molecule has 0 aliphatic rings. The van der Waals surface area contributed by atoms with Crippen LogP contribution in [0.15, 0.2) is 36.4 Å². The lowest BCUT2D eigenvalue weighted by Gasteiger charge is -1.96. The van der Waals surface area contributed by atoms with Crippen LogP contribution in [-0.2, 0) is 0 Å². The normalized spacial score (nSPS) is 10.1. The molecule has 4 heteroatoms. The molecular formula is C11H8O3S. The van der Waals surface area contributed by atoms with Crippen molar-refractivity contribution in [2.45, 2.75) is 0 Å². The lowest BCUT2D eigenvalue weighted by Crippen LogP contribution is -1.89. The zero-order chi connectivity index (χ0) is 10.8. The summed E-state index contributed by atoms with van der Waals surface area (Å²) >= 11 is 1.22. The number of carboxylic acids is 1. The van der Waals surface area contributed by atoms with E-state index in [1.807, 2.05) is 0 Å². The number of thiophene rings is 1. The van der Waals surface area contributed by atoms with Crippen molar-refractivity contribution in [3.05, 3.63) is 41.3 Å². The molecule has 0 radical (unpaired) electrons. The van der Waals surface area contributed by atoms with Crippen LogP contribution in [0.2, 0.25) is 0 Å². The van der Waals surface area contributed by atoms with Gasteiger partial charge in [0.2, 0.25) is 0 Å². The van der Waals surface area contributed by atoms with Crippen molar-refractivity contribution in [2.24, 2.45) is 0 Å². The second kappa shape index (κ2) is 3.74. The summed E-state index contributed by atoms with van der Waals surface area (Å²) in [5.74, 6) is -0.709. The van der Waals surface area contributed by atoms with Gasteiger partial charge in [-0.15, -0.1) is 11.3 Å². The highest BCUT2D eigenvalue weighted by molar-refractivity contribution is 7.17. The summed E-state index contributed by atoms with van der Waals surface area (Å²) in [6.45, 7) is 0. The van der Waals surface area contributed by atoms with Gasteiger partial charge >= 0.3 is 5.97 Å². The average Bonchev–Trinajstić information content (AvgIpc) is 2.68. The summed E-state index contributed by atoms with van der Waals surface area (Å²) in [5, 5.41) is 17.9. The molecule has 0 unspecified atom stereocenters. The van der Waals surface area contributed by atoms with Gasteiger partial charge in [-0.2, -0.15) is 0 Å². The van der Waals surface area contributed by atoms with Gasteiger partial charge in [-0.25, -0.2) is 4.79 Å². The van der Waals surface area contributed by atoms with Crippen LogP contribution < -0.4 is 0 Å². The Morgan fingerprint density at radius 1 is 1.07 bits per heavy atom. The fourth-order valence-corrected chi connectivity index (χ4v) is 2.08. The van der Waals surface area contributed by atoms with Crippen LogP contribution in [0, 0.1) is 0 Å². The Kier molecular flexibility index (Phi) is 2.43. The predicted octanol–water partition coefficient (Wildman–Crippen LogP) is 2.82. The zero-order valence-electron chi connectivity index (χ0n) is 7.68. The van der Waals surface area contributed by atoms with Gasteiger partial charge in [-0.3, -0.25) is 0 Å². The van der Waals surface area contributed by atoms with E-state index in [1.165, 1.54) is 11.3 Å². The van der Waals surface area contributed by atoms with Gasteiger partial charge in [-0.1, -0.05) is 0 Å². The quantitative estimate of drug-likeness (QED) is 0.818. The maximum absolute atomic E-state index is 10.7. The molecule has 1 aromatic carbocycles. The van der Waals surface area contributed by atoms with Gasteiger partial charge < -0.3 is 10.2 Å². The second-order valence-corrected chi connectivity index (χ2v) is 4.10. The molecule has 0 atom stereocenters. The number of aromatic hydroxyl groups is 1. The van der Waals surface area contributed by atoms with Crippen LogP contribution in [-0.4, -0.2) is 16.2 Å². The van der Waals surface area contributed by atoms with Gasteiger partial charge in [-0.05, 0) is 42.0 Å². The lowest BCUT2D eigenvalue weighted by molar-refractivity contribution is 0.0702. The van der Waals surface area contributed by atoms with Gasteiger partial charge in [0.05, 0.1) is 0 Å². The molecule has 15 heavy (non-hydrogen) atoms. The van der Waals surface area contributed by atoms with Crippen LogP contribution in [0.3, 0.4) is 0 Å². The fraction of sp³-hybridized carbons (Fsp3) is 0. The summed E-state index contributed by atoms with van der Waals surface area (Å²) in [4.78, 5) is 11.9. The molecular weight excluding hydrogens is 212 g/mol. The first kappa shape index (κ1) is 9.73. The molecule has 0 amide bonds. The molecule has 0 saturated heterocycles. The van der Waals surface area contributed by atoms with Crippen molar-refractivity contribution >= 4 is 17.3 Å². The molecule has 1 heterocycles. The summed E-state index contributed by atoms with van der Waals surface area (Å²) in [7, 11) is 0. The number of hydrogen-bond acceptors (Lipinski definition) is 3. The Bertz CT molecular complexity index is 485. The summed E-state index contributed by atoms with van der Waals surface area (Å²) in [6.07, 6.45) is 0. The minimum atomic E-state index is -0.912. The van der Waals surface area contributed by atoms with Crippen LogP contribution in [0.25, 0.3) is 10.4 Å². The SMILES string of the molecule is O=C(O)c1ccc(-c2ccc(O)cc2)s1. The molecule has 1 aromatic heterocycles. The minimum absolute atomic E-state index is 0.203. The third kappa shape index (κ3) is 1.99. The highest BCUT2D eigenvalue weighted by Gasteiger charge is 2.07. The van der Waals surface area contributed by atoms with Crippen molar-refractivity contribution in [1.29, 1.82) is 0 Å². The van der Waals surface area contributed by atoms with Crippen molar-refractivity contribution in [3.8, 4) is 16.2 Å². The van der Waals surface area contributed by atoms with E-state index < -0.39 is 5.97 Å². The molecule has 0 bridgehead atoms. The van der Waals surface area contributed by atoms with Crippen molar-refractivity contribution in [3.63, 3.8) is 0 Å². The van der Waals surface area contributed by atoms with Gasteiger partial charge in [0.15, 0.2) is 0 Å². The van der Waals surface area contributed by atoms with Gasteiger partial charge in [0.25, 0.3) is 0 Å². The van der Waals surface area contributed by atoms with E-state index in [9.17, 15) is 4.79 Å².